The van der Waals surface area contributed by atoms with E-state index in [-0.39, 0.29) is 18.0 Å². The molecule has 2 N–H and O–H groups in total. The lowest BCUT2D eigenvalue weighted by Gasteiger charge is -2.37. The van der Waals surface area contributed by atoms with E-state index in [4.69, 9.17) is 10.5 Å². The number of carbonyl (C=O) groups is 1. The molecule has 3 aromatic rings. The topological polar surface area (TPSA) is 91.7 Å². The van der Waals surface area contributed by atoms with Gasteiger partial charge in [0.1, 0.15) is 11.9 Å². The van der Waals surface area contributed by atoms with Gasteiger partial charge in [-0.3, -0.25) is 9.69 Å². The number of hydrogen-bond acceptors (Lipinski definition) is 5. The SMILES string of the molecule is CN1C(=O)[C@@]2(C[C@H](c3ccccc3)Oc3ccc(-c4cccc(C#N)c4)cc32)N=C1N. The Morgan fingerprint density at radius 1 is 1.10 bits per heavy atom. The maximum Gasteiger partial charge on any atom is 0.261 e. The summed E-state index contributed by atoms with van der Waals surface area (Å²) < 4.78 is 6.33. The largest absolute Gasteiger partial charge is 0.485 e. The molecule has 0 saturated heterocycles. The van der Waals surface area contributed by atoms with Crippen LogP contribution in [0.5, 0.6) is 5.75 Å². The highest BCUT2D eigenvalue weighted by Gasteiger charge is 2.53. The summed E-state index contributed by atoms with van der Waals surface area (Å²) in [5.74, 6) is 0.639. The summed E-state index contributed by atoms with van der Waals surface area (Å²) in [6, 6.07) is 25.1. The Kier molecular flexibility index (Phi) is 4.26. The molecule has 2 aliphatic heterocycles. The van der Waals surface area contributed by atoms with Gasteiger partial charge in [0.15, 0.2) is 11.5 Å². The van der Waals surface area contributed by atoms with Crippen molar-refractivity contribution in [3.8, 4) is 22.9 Å². The van der Waals surface area contributed by atoms with E-state index in [0.29, 0.717) is 23.3 Å². The molecular formula is C25H20N4O2. The van der Waals surface area contributed by atoms with Crippen LogP contribution < -0.4 is 10.5 Å². The fourth-order valence-electron chi connectivity index (χ4n) is 4.34. The van der Waals surface area contributed by atoms with E-state index in [1.807, 2.05) is 66.7 Å². The van der Waals surface area contributed by atoms with Crippen LogP contribution >= 0.6 is 0 Å². The van der Waals surface area contributed by atoms with E-state index < -0.39 is 5.54 Å². The Labute approximate surface area is 180 Å². The molecule has 2 heterocycles. The van der Waals surface area contributed by atoms with Crippen molar-refractivity contribution in [2.45, 2.75) is 18.1 Å². The van der Waals surface area contributed by atoms with E-state index in [2.05, 4.69) is 11.1 Å². The summed E-state index contributed by atoms with van der Waals surface area (Å²) in [6.45, 7) is 0. The zero-order valence-electron chi connectivity index (χ0n) is 16.9. The summed E-state index contributed by atoms with van der Waals surface area (Å²) >= 11 is 0. The summed E-state index contributed by atoms with van der Waals surface area (Å²) in [6.07, 6.45) is 0.0312. The lowest BCUT2D eigenvalue weighted by atomic mass is 9.79. The van der Waals surface area contributed by atoms with Gasteiger partial charge in [0.05, 0.1) is 11.6 Å². The highest BCUT2D eigenvalue weighted by Crippen LogP contribution is 2.50. The number of hydrogen-bond donors (Lipinski definition) is 1. The molecule has 0 aliphatic carbocycles. The number of ether oxygens (including phenoxy) is 1. The van der Waals surface area contributed by atoms with Crippen LogP contribution in [0.3, 0.4) is 0 Å². The van der Waals surface area contributed by atoms with Crippen LogP contribution in [0.15, 0.2) is 77.8 Å². The standard InChI is InChI=1S/C25H20N4O2/c1-29-23(30)25(28-24(29)27)14-22(17-7-3-2-4-8-17)31-21-11-10-19(13-20(21)25)18-9-5-6-16(12-18)15-26/h2-13,22H,14H2,1H3,(H2,27,28)/t22-,25+/m1/s1. The van der Waals surface area contributed by atoms with Crippen molar-refractivity contribution >= 4 is 11.9 Å². The number of nitrogens with two attached hydrogens (primary N) is 1. The van der Waals surface area contributed by atoms with Crippen molar-refractivity contribution in [1.29, 1.82) is 5.26 Å². The molecule has 1 amide bonds. The lowest BCUT2D eigenvalue weighted by molar-refractivity contribution is -0.132. The molecule has 31 heavy (non-hydrogen) atoms. The van der Waals surface area contributed by atoms with Crippen molar-refractivity contribution < 1.29 is 9.53 Å². The van der Waals surface area contributed by atoms with Gasteiger partial charge in [0.25, 0.3) is 5.91 Å². The molecule has 0 radical (unpaired) electrons. The molecule has 3 aromatic carbocycles. The molecule has 6 heteroatoms. The molecule has 5 rings (SSSR count). The first-order valence-corrected chi connectivity index (χ1v) is 10.0. The Bertz CT molecular complexity index is 1260. The fourth-order valence-corrected chi connectivity index (χ4v) is 4.34. The summed E-state index contributed by atoms with van der Waals surface area (Å²) in [7, 11) is 1.64. The normalized spacial score (nSPS) is 21.9. The Morgan fingerprint density at radius 2 is 1.87 bits per heavy atom. The minimum absolute atomic E-state index is 0.168. The molecule has 0 aromatic heterocycles. The van der Waals surface area contributed by atoms with Crippen molar-refractivity contribution in [1.82, 2.24) is 4.90 Å². The maximum atomic E-state index is 13.4. The van der Waals surface area contributed by atoms with E-state index in [9.17, 15) is 10.1 Å². The maximum absolute atomic E-state index is 13.4. The summed E-state index contributed by atoms with van der Waals surface area (Å²) in [4.78, 5) is 19.5. The van der Waals surface area contributed by atoms with E-state index in [0.717, 1.165) is 16.7 Å². The van der Waals surface area contributed by atoms with Gasteiger partial charge in [-0.15, -0.1) is 0 Å². The average molecular weight is 408 g/mol. The van der Waals surface area contributed by atoms with Gasteiger partial charge in [-0.05, 0) is 41.0 Å². The van der Waals surface area contributed by atoms with Gasteiger partial charge in [-0.1, -0.05) is 48.5 Å². The lowest BCUT2D eigenvalue weighted by Crippen LogP contribution is -2.43. The van der Waals surface area contributed by atoms with Gasteiger partial charge >= 0.3 is 0 Å². The highest BCUT2D eigenvalue weighted by atomic mass is 16.5. The molecular weight excluding hydrogens is 388 g/mol. The first-order chi connectivity index (χ1) is 15.0. The number of likely N-dealkylation sites (N-methyl/N-ethyl adjacent to an activating group) is 1. The van der Waals surface area contributed by atoms with Crippen molar-refractivity contribution in [3.05, 3.63) is 89.5 Å². The monoisotopic (exact) mass is 408 g/mol. The van der Waals surface area contributed by atoms with Crippen LogP contribution in [0.25, 0.3) is 11.1 Å². The fraction of sp³-hybridized carbons (Fsp3) is 0.160. The second kappa shape index (κ2) is 6.99. The Morgan fingerprint density at radius 3 is 2.58 bits per heavy atom. The number of nitriles is 1. The number of carbonyl (C=O) groups excluding carboxylic acids is 1. The zero-order chi connectivity index (χ0) is 21.6. The minimum atomic E-state index is -1.14. The Hall–Kier alpha value is -4.11. The number of fused-ring (bicyclic) bond motifs is 2. The molecule has 152 valence electrons. The van der Waals surface area contributed by atoms with Gasteiger partial charge in [-0.2, -0.15) is 5.26 Å². The number of aliphatic imine (C=N–C) groups is 1. The van der Waals surface area contributed by atoms with Crippen LogP contribution in [-0.4, -0.2) is 23.8 Å². The molecule has 2 aliphatic rings. The van der Waals surface area contributed by atoms with Crippen molar-refractivity contribution in [2.75, 3.05) is 7.05 Å². The van der Waals surface area contributed by atoms with Gasteiger partial charge in [-0.25, -0.2) is 4.99 Å². The predicted molar refractivity (Wildman–Crippen MR) is 117 cm³/mol. The molecule has 1 spiro atoms. The molecule has 0 saturated carbocycles. The zero-order valence-corrected chi connectivity index (χ0v) is 16.9. The molecule has 6 nitrogen and oxygen atoms in total. The van der Waals surface area contributed by atoms with Crippen LogP contribution in [0.1, 0.15) is 29.2 Å². The van der Waals surface area contributed by atoms with E-state index in [1.165, 1.54) is 4.90 Å². The van der Waals surface area contributed by atoms with Crippen molar-refractivity contribution in [3.63, 3.8) is 0 Å². The quantitative estimate of drug-likeness (QED) is 0.699. The van der Waals surface area contributed by atoms with Crippen molar-refractivity contribution in [2.24, 2.45) is 10.7 Å². The number of rotatable bonds is 2. The van der Waals surface area contributed by atoms with Crippen LogP contribution in [0.2, 0.25) is 0 Å². The average Bonchev–Trinajstić information content (AvgIpc) is 3.03. The molecule has 2 atom stereocenters. The smallest absolute Gasteiger partial charge is 0.261 e. The number of amides is 1. The number of benzene rings is 3. The van der Waals surface area contributed by atoms with E-state index >= 15 is 0 Å². The number of guanidine groups is 1. The third-order valence-corrected chi connectivity index (χ3v) is 5.98. The second-order valence-electron chi connectivity index (χ2n) is 7.82. The minimum Gasteiger partial charge on any atom is -0.485 e. The first-order valence-electron chi connectivity index (χ1n) is 10.0. The predicted octanol–water partition coefficient (Wildman–Crippen LogP) is 3.73. The summed E-state index contributed by atoms with van der Waals surface area (Å²) in [5, 5.41) is 9.25. The molecule has 0 fully saturated rings. The van der Waals surface area contributed by atoms with E-state index in [1.54, 1.807) is 13.1 Å². The first kappa shape index (κ1) is 18.9. The molecule has 0 unspecified atom stereocenters. The number of nitrogens with zero attached hydrogens (tertiary/aromatic N) is 3. The van der Waals surface area contributed by atoms with Gasteiger partial charge in [0, 0.05) is 19.0 Å². The Balaban J connectivity index is 1.68. The second-order valence-corrected chi connectivity index (χ2v) is 7.82. The molecule has 0 bridgehead atoms. The summed E-state index contributed by atoms with van der Waals surface area (Å²) in [5.41, 5.74) is 8.95. The van der Waals surface area contributed by atoms with Crippen LogP contribution in [0, 0.1) is 11.3 Å². The highest BCUT2D eigenvalue weighted by molar-refractivity contribution is 6.07. The third kappa shape index (κ3) is 2.94. The third-order valence-electron chi connectivity index (χ3n) is 5.98. The van der Waals surface area contributed by atoms with Crippen LogP contribution in [-0.2, 0) is 10.3 Å². The van der Waals surface area contributed by atoms with Gasteiger partial charge < -0.3 is 10.5 Å². The van der Waals surface area contributed by atoms with Crippen LogP contribution in [0.4, 0.5) is 0 Å². The van der Waals surface area contributed by atoms with Gasteiger partial charge in [0.2, 0.25) is 0 Å².